The molecule has 80 valence electrons. The molecule has 1 aliphatic carbocycles. The highest BCUT2D eigenvalue weighted by molar-refractivity contribution is 5.94. The maximum absolute atomic E-state index is 13.3. The Kier molecular flexibility index (Phi) is 2.42. The van der Waals surface area contributed by atoms with E-state index in [4.69, 9.17) is 5.73 Å². The van der Waals surface area contributed by atoms with E-state index < -0.39 is 17.5 Å². The van der Waals surface area contributed by atoms with Crippen LogP contribution in [0.25, 0.3) is 0 Å². The molecular formula is C11H11F2NO. The molecule has 2 nitrogen and oxygen atoms in total. The summed E-state index contributed by atoms with van der Waals surface area (Å²) < 4.78 is 26.2. The third-order valence-corrected chi connectivity index (χ3v) is 2.63. The van der Waals surface area contributed by atoms with E-state index in [0.717, 1.165) is 18.9 Å². The van der Waals surface area contributed by atoms with Crippen LogP contribution in [0, 0.1) is 17.6 Å². The van der Waals surface area contributed by atoms with Crippen LogP contribution in [0.15, 0.2) is 12.1 Å². The molecule has 0 radical (unpaired) electrons. The zero-order valence-electron chi connectivity index (χ0n) is 8.09. The van der Waals surface area contributed by atoms with Gasteiger partial charge < -0.3 is 5.73 Å². The molecule has 0 bridgehead atoms. The first-order valence-corrected chi connectivity index (χ1v) is 4.86. The first-order valence-electron chi connectivity index (χ1n) is 4.86. The molecule has 0 unspecified atom stereocenters. The predicted molar refractivity (Wildman–Crippen MR) is 51.3 cm³/mol. The number of hydrogen-bond donors (Lipinski definition) is 1. The van der Waals surface area contributed by atoms with Gasteiger partial charge in [-0.2, -0.15) is 0 Å². The van der Waals surface area contributed by atoms with Crippen molar-refractivity contribution in [1.29, 1.82) is 0 Å². The molecule has 1 saturated carbocycles. The molecule has 1 aliphatic rings. The molecule has 2 N–H and O–H groups in total. The van der Waals surface area contributed by atoms with E-state index in [1.54, 1.807) is 0 Å². The molecular weight excluding hydrogens is 200 g/mol. The number of nitrogens with two attached hydrogens (primary N) is 1. The van der Waals surface area contributed by atoms with Gasteiger partial charge in [0.15, 0.2) is 11.6 Å². The zero-order valence-corrected chi connectivity index (χ0v) is 8.09. The van der Waals surface area contributed by atoms with Gasteiger partial charge in [0.25, 0.3) is 5.91 Å². The van der Waals surface area contributed by atoms with Gasteiger partial charge in [0.2, 0.25) is 0 Å². The Morgan fingerprint density at radius 2 is 2.07 bits per heavy atom. The molecule has 15 heavy (non-hydrogen) atoms. The monoisotopic (exact) mass is 211 g/mol. The van der Waals surface area contributed by atoms with Gasteiger partial charge >= 0.3 is 0 Å². The maximum Gasteiger partial charge on any atom is 0.252 e. The Labute approximate surface area is 86.1 Å². The smallest absolute Gasteiger partial charge is 0.252 e. The van der Waals surface area contributed by atoms with Crippen molar-refractivity contribution >= 4 is 5.91 Å². The van der Waals surface area contributed by atoms with Gasteiger partial charge in [-0.05, 0) is 36.8 Å². The average molecular weight is 211 g/mol. The van der Waals surface area contributed by atoms with Gasteiger partial charge in [-0.15, -0.1) is 0 Å². The maximum atomic E-state index is 13.3. The molecule has 0 saturated heterocycles. The van der Waals surface area contributed by atoms with E-state index in [1.165, 1.54) is 6.07 Å². The fraction of sp³-hybridized carbons (Fsp3) is 0.364. The minimum absolute atomic E-state index is 0.290. The van der Waals surface area contributed by atoms with Crippen molar-refractivity contribution in [3.63, 3.8) is 0 Å². The lowest BCUT2D eigenvalue weighted by Gasteiger charge is -2.07. The third kappa shape index (κ3) is 1.98. The number of halogens is 2. The molecule has 1 fully saturated rings. The second-order valence-corrected chi connectivity index (χ2v) is 3.91. The molecule has 0 spiro atoms. The van der Waals surface area contributed by atoms with Gasteiger partial charge in [0.1, 0.15) is 0 Å². The van der Waals surface area contributed by atoms with Crippen molar-refractivity contribution in [2.75, 3.05) is 0 Å². The molecule has 0 aliphatic heterocycles. The lowest BCUT2D eigenvalue weighted by Crippen LogP contribution is -2.17. The van der Waals surface area contributed by atoms with E-state index in [-0.39, 0.29) is 5.56 Å². The quantitative estimate of drug-likeness (QED) is 0.816. The summed E-state index contributed by atoms with van der Waals surface area (Å²) in [5.74, 6) is -2.56. The number of primary amides is 1. The molecule has 1 aromatic rings. The Hall–Kier alpha value is -1.45. The van der Waals surface area contributed by atoms with Gasteiger partial charge in [0.05, 0.1) is 5.56 Å². The third-order valence-electron chi connectivity index (χ3n) is 2.63. The van der Waals surface area contributed by atoms with Gasteiger partial charge in [-0.1, -0.05) is 6.07 Å². The normalized spacial score (nSPS) is 15.3. The summed E-state index contributed by atoms with van der Waals surface area (Å²) in [5, 5.41) is 0. The lowest BCUT2D eigenvalue weighted by molar-refractivity contribution is 0.0994. The largest absolute Gasteiger partial charge is 0.365 e. The van der Waals surface area contributed by atoms with Crippen molar-refractivity contribution in [1.82, 2.24) is 0 Å². The minimum Gasteiger partial charge on any atom is -0.365 e. The second kappa shape index (κ2) is 3.61. The van der Waals surface area contributed by atoms with E-state index in [0.29, 0.717) is 17.9 Å². The Morgan fingerprint density at radius 3 is 2.60 bits per heavy atom. The molecule has 0 heterocycles. The zero-order chi connectivity index (χ0) is 11.0. The van der Waals surface area contributed by atoms with E-state index in [9.17, 15) is 13.6 Å². The second-order valence-electron chi connectivity index (χ2n) is 3.91. The van der Waals surface area contributed by atoms with Crippen LogP contribution >= 0.6 is 0 Å². The first kappa shape index (κ1) is 10.1. The Balaban J connectivity index is 2.42. The highest BCUT2D eigenvalue weighted by Crippen LogP contribution is 2.34. The molecule has 0 aromatic heterocycles. The van der Waals surface area contributed by atoms with Gasteiger partial charge in [-0.25, -0.2) is 8.78 Å². The highest BCUT2D eigenvalue weighted by atomic mass is 19.2. The summed E-state index contributed by atoms with van der Waals surface area (Å²) in [5.41, 5.74) is 5.26. The number of rotatable bonds is 3. The van der Waals surface area contributed by atoms with Crippen LogP contribution in [0.5, 0.6) is 0 Å². The van der Waals surface area contributed by atoms with Crippen molar-refractivity contribution in [2.45, 2.75) is 19.3 Å². The van der Waals surface area contributed by atoms with E-state index in [1.807, 2.05) is 0 Å². The van der Waals surface area contributed by atoms with E-state index >= 15 is 0 Å². The number of amides is 1. The summed E-state index contributed by atoms with van der Waals surface area (Å²) in [6.45, 7) is 0. The Bertz CT molecular complexity index is 413. The van der Waals surface area contributed by atoms with Crippen LogP contribution in [-0.4, -0.2) is 5.91 Å². The fourth-order valence-electron chi connectivity index (χ4n) is 1.66. The SMILES string of the molecule is NC(=O)c1c(CC2CC2)ccc(F)c1F. The molecule has 1 aromatic carbocycles. The van der Waals surface area contributed by atoms with Crippen LogP contribution in [-0.2, 0) is 6.42 Å². The standard InChI is InChI=1S/C11H11F2NO/c12-8-4-3-7(5-6-1-2-6)9(10(8)13)11(14)15/h3-4,6H,1-2,5H2,(H2,14,15). The van der Waals surface area contributed by atoms with Crippen molar-refractivity contribution in [2.24, 2.45) is 11.7 Å². The van der Waals surface area contributed by atoms with Crippen molar-refractivity contribution in [3.8, 4) is 0 Å². The van der Waals surface area contributed by atoms with Gasteiger partial charge in [0, 0.05) is 0 Å². The first-order chi connectivity index (χ1) is 7.09. The van der Waals surface area contributed by atoms with Crippen molar-refractivity contribution in [3.05, 3.63) is 34.9 Å². The van der Waals surface area contributed by atoms with Crippen LogP contribution < -0.4 is 5.73 Å². The van der Waals surface area contributed by atoms with E-state index in [2.05, 4.69) is 0 Å². The van der Waals surface area contributed by atoms with Crippen LogP contribution in [0.4, 0.5) is 8.78 Å². The molecule has 2 rings (SSSR count). The molecule has 1 amide bonds. The molecule has 4 heteroatoms. The minimum atomic E-state index is -1.12. The molecule has 0 atom stereocenters. The summed E-state index contributed by atoms with van der Waals surface area (Å²) >= 11 is 0. The highest BCUT2D eigenvalue weighted by Gasteiger charge is 2.25. The van der Waals surface area contributed by atoms with Crippen LogP contribution in [0.3, 0.4) is 0 Å². The Morgan fingerprint density at radius 1 is 1.40 bits per heavy atom. The number of carbonyl (C=O) groups excluding carboxylic acids is 1. The topological polar surface area (TPSA) is 43.1 Å². The van der Waals surface area contributed by atoms with Crippen LogP contribution in [0.2, 0.25) is 0 Å². The van der Waals surface area contributed by atoms with Crippen LogP contribution in [0.1, 0.15) is 28.8 Å². The number of hydrogen-bond acceptors (Lipinski definition) is 1. The lowest BCUT2D eigenvalue weighted by atomic mass is 10.0. The van der Waals surface area contributed by atoms with Crippen molar-refractivity contribution < 1.29 is 13.6 Å². The number of benzene rings is 1. The van der Waals surface area contributed by atoms with Gasteiger partial charge in [-0.3, -0.25) is 4.79 Å². The number of carbonyl (C=O) groups is 1. The average Bonchev–Trinajstić information content (AvgIpc) is 2.95. The summed E-state index contributed by atoms with van der Waals surface area (Å²) in [4.78, 5) is 11.0. The summed E-state index contributed by atoms with van der Waals surface area (Å²) in [7, 11) is 0. The predicted octanol–water partition coefficient (Wildman–Crippen LogP) is 2.02. The summed E-state index contributed by atoms with van der Waals surface area (Å²) in [6, 6.07) is 2.48. The summed E-state index contributed by atoms with van der Waals surface area (Å²) in [6.07, 6.45) is 2.77. The fourth-order valence-corrected chi connectivity index (χ4v) is 1.66.